The number of pyridine rings is 1. The largest absolute Gasteiger partial charge is 0.609 e. The number of allylic oxidation sites excluding steroid dienone is 2. The third kappa shape index (κ3) is 3.13. The van der Waals surface area contributed by atoms with Crippen molar-refractivity contribution >= 4 is 22.2 Å². The smallest absolute Gasteiger partial charge is 0.344 e. The first kappa shape index (κ1) is 18.8. The average Bonchev–Trinajstić information content (AvgIpc) is 2.95. The molecule has 0 saturated heterocycles. The van der Waals surface area contributed by atoms with Gasteiger partial charge in [0, 0.05) is 17.6 Å². The van der Waals surface area contributed by atoms with E-state index in [1.165, 1.54) is 27.9 Å². The first-order valence-electron chi connectivity index (χ1n) is 8.65. The van der Waals surface area contributed by atoms with Gasteiger partial charge in [-0.15, -0.1) is 0 Å². The second-order valence-corrected chi connectivity index (χ2v) is 8.12. The van der Waals surface area contributed by atoms with E-state index in [0.29, 0.717) is 11.5 Å². The molecular weight excluding hydrogens is 385 g/mol. The van der Waals surface area contributed by atoms with Crippen molar-refractivity contribution in [3.63, 3.8) is 0 Å². The fraction of sp³-hybridized carbons (Fsp3) is 0.333. The zero-order valence-corrected chi connectivity index (χ0v) is 16.1. The van der Waals surface area contributed by atoms with Gasteiger partial charge in [0.1, 0.15) is 17.2 Å². The number of aliphatic hydroxyl groups is 1. The lowest BCUT2D eigenvalue weighted by atomic mass is 9.95. The molecule has 1 unspecified atom stereocenters. The molecule has 3 aromatic heterocycles. The fourth-order valence-electron chi connectivity index (χ4n) is 3.17. The van der Waals surface area contributed by atoms with Gasteiger partial charge in [-0.3, -0.25) is 4.79 Å². The summed E-state index contributed by atoms with van der Waals surface area (Å²) in [5.74, 6) is -0.0902. The van der Waals surface area contributed by atoms with E-state index in [9.17, 15) is 18.8 Å². The maximum absolute atomic E-state index is 14.3. The molecule has 2 atom stereocenters. The zero-order chi connectivity index (χ0) is 20.1. The van der Waals surface area contributed by atoms with Crippen LogP contribution in [0.25, 0.3) is 16.9 Å². The van der Waals surface area contributed by atoms with Crippen molar-refractivity contribution < 1.29 is 14.0 Å². The molecule has 0 aliphatic carbocycles. The van der Waals surface area contributed by atoms with Crippen molar-refractivity contribution in [1.82, 2.24) is 24.3 Å². The van der Waals surface area contributed by atoms with Crippen LogP contribution in [0.2, 0.25) is 0 Å². The first-order valence-corrected chi connectivity index (χ1v) is 10.2. The summed E-state index contributed by atoms with van der Waals surface area (Å²) >= 11 is -1.45. The minimum atomic E-state index is -1.45. The van der Waals surface area contributed by atoms with Gasteiger partial charge in [-0.05, 0) is 31.6 Å². The standard InChI is InChI=1S/C18H18FN5O3S/c1-18(26)8-6-11(19)7-9-23-16(25)12-10-20-17(28(2)27)22-15(12)24(23)14-5-3-4-13(18)21-14/h3-5,7,10,26H,6,8-9H2,1-2H3/t18-,28?/m1/s1. The van der Waals surface area contributed by atoms with Crippen LogP contribution in [0.1, 0.15) is 25.5 Å². The lowest BCUT2D eigenvalue weighted by Crippen LogP contribution is -2.25. The maximum Gasteiger partial charge on any atom is 0.344 e. The van der Waals surface area contributed by atoms with Crippen LogP contribution in [0.3, 0.4) is 0 Å². The molecule has 1 aliphatic heterocycles. The van der Waals surface area contributed by atoms with Gasteiger partial charge in [-0.25, -0.2) is 18.7 Å². The van der Waals surface area contributed by atoms with Gasteiger partial charge < -0.3 is 9.66 Å². The lowest BCUT2D eigenvalue weighted by molar-refractivity contribution is 0.0421. The van der Waals surface area contributed by atoms with Crippen LogP contribution in [-0.4, -0.2) is 40.2 Å². The monoisotopic (exact) mass is 403 g/mol. The van der Waals surface area contributed by atoms with E-state index in [0.717, 1.165) is 0 Å². The molecular formula is C18H18FN5O3S. The Morgan fingerprint density at radius 3 is 2.89 bits per heavy atom. The second-order valence-electron chi connectivity index (χ2n) is 6.85. The first-order chi connectivity index (χ1) is 13.3. The van der Waals surface area contributed by atoms with Gasteiger partial charge in [0.05, 0.1) is 24.3 Å². The highest BCUT2D eigenvalue weighted by atomic mass is 32.2. The summed E-state index contributed by atoms with van der Waals surface area (Å²) in [6, 6.07) is 5.02. The molecule has 0 radical (unpaired) electrons. The number of fused-ring (bicyclic) bond motifs is 6. The summed E-state index contributed by atoms with van der Waals surface area (Å²) in [6.45, 7) is 1.53. The summed E-state index contributed by atoms with van der Waals surface area (Å²) in [5, 5.41) is 11.0. The average molecular weight is 403 g/mol. The molecule has 28 heavy (non-hydrogen) atoms. The zero-order valence-electron chi connectivity index (χ0n) is 15.3. The van der Waals surface area contributed by atoms with Gasteiger partial charge >= 0.3 is 5.16 Å². The molecule has 2 bridgehead atoms. The van der Waals surface area contributed by atoms with Crippen LogP contribution in [-0.2, 0) is 23.3 Å². The Hall–Kier alpha value is -2.56. The van der Waals surface area contributed by atoms with E-state index in [1.807, 2.05) is 0 Å². The van der Waals surface area contributed by atoms with Crippen LogP contribution >= 0.6 is 0 Å². The van der Waals surface area contributed by atoms with Crippen molar-refractivity contribution in [3.05, 3.63) is 52.3 Å². The van der Waals surface area contributed by atoms with Gasteiger partial charge in [-0.2, -0.15) is 9.97 Å². The molecule has 1 N–H and O–H groups in total. The van der Waals surface area contributed by atoms with Crippen LogP contribution in [0.4, 0.5) is 4.39 Å². The Bertz CT molecular complexity index is 1150. The molecule has 10 heteroatoms. The number of hydrogen-bond donors (Lipinski definition) is 1. The normalized spacial score (nSPS) is 21.0. The molecule has 146 valence electrons. The predicted octanol–water partition coefficient (Wildman–Crippen LogP) is 1.57. The van der Waals surface area contributed by atoms with E-state index in [4.69, 9.17) is 0 Å². The molecule has 1 aliphatic rings. The van der Waals surface area contributed by atoms with Crippen molar-refractivity contribution in [3.8, 4) is 5.82 Å². The lowest BCUT2D eigenvalue weighted by Gasteiger charge is -2.22. The Labute approximate surface area is 162 Å². The number of halogens is 1. The molecule has 3 aromatic rings. The van der Waals surface area contributed by atoms with Crippen LogP contribution in [0, 0.1) is 0 Å². The number of aromatic nitrogens is 5. The number of rotatable bonds is 1. The summed E-state index contributed by atoms with van der Waals surface area (Å²) in [4.78, 5) is 25.7. The van der Waals surface area contributed by atoms with Crippen molar-refractivity contribution in [2.75, 3.05) is 6.26 Å². The number of nitrogens with zero attached hydrogens (tertiary/aromatic N) is 5. The molecule has 0 fully saturated rings. The SMILES string of the molecule is C[S+]([O-])c1ncc2c(=O)n3n(c2n1)-c1cccc(n1)[C@](C)(O)CCC(F)=CC3. The van der Waals surface area contributed by atoms with E-state index in [2.05, 4.69) is 15.0 Å². The third-order valence-electron chi connectivity index (χ3n) is 4.75. The quantitative estimate of drug-likeness (QED) is 0.488. The van der Waals surface area contributed by atoms with Gasteiger partial charge in [-0.1, -0.05) is 6.07 Å². The molecule has 0 aromatic carbocycles. The van der Waals surface area contributed by atoms with Gasteiger partial charge in [0.2, 0.25) is 0 Å². The van der Waals surface area contributed by atoms with Crippen LogP contribution in [0.15, 0.2) is 46.2 Å². The Morgan fingerprint density at radius 1 is 1.36 bits per heavy atom. The minimum Gasteiger partial charge on any atom is -0.609 e. The van der Waals surface area contributed by atoms with Gasteiger partial charge in [0.15, 0.2) is 11.5 Å². The number of hydrogen-bond acceptors (Lipinski definition) is 6. The molecule has 4 rings (SSSR count). The summed E-state index contributed by atoms with van der Waals surface area (Å²) < 4.78 is 28.9. The van der Waals surface area contributed by atoms with Gasteiger partial charge in [0.25, 0.3) is 5.56 Å². The highest BCUT2D eigenvalue weighted by Gasteiger charge is 2.27. The molecule has 0 amide bonds. The Kier molecular flexibility index (Phi) is 4.56. The topological polar surface area (TPSA) is 109 Å². The van der Waals surface area contributed by atoms with Crippen molar-refractivity contribution in [1.29, 1.82) is 0 Å². The summed E-state index contributed by atoms with van der Waals surface area (Å²) in [5.41, 5.74) is -1.17. The van der Waals surface area contributed by atoms with Crippen molar-refractivity contribution in [2.24, 2.45) is 0 Å². The fourth-order valence-corrected chi connectivity index (χ4v) is 3.58. The summed E-state index contributed by atoms with van der Waals surface area (Å²) in [6.07, 6.45) is 4.23. The Balaban J connectivity index is 2.08. The van der Waals surface area contributed by atoms with Crippen LogP contribution in [0.5, 0.6) is 0 Å². The maximum atomic E-state index is 14.3. The van der Waals surface area contributed by atoms with Crippen molar-refractivity contribution in [2.45, 2.75) is 37.1 Å². The van der Waals surface area contributed by atoms with E-state index in [1.54, 1.807) is 25.1 Å². The molecule has 0 saturated carbocycles. The third-order valence-corrected chi connectivity index (χ3v) is 5.46. The predicted molar refractivity (Wildman–Crippen MR) is 101 cm³/mol. The van der Waals surface area contributed by atoms with Crippen LogP contribution < -0.4 is 5.56 Å². The minimum absolute atomic E-state index is 0.0205. The summed E-state index contributed by atoms with van der Waals surface area (Å²) in [7, 11) is 0. The van der Waals surface area contributed by atoms with E-state index in [-0.39, 0.29) is 35.6 Å². The molecule has 0 spiro atoms. The molecule has 8 nitrogen and oxygen atoms in total. The van der Waals surface area contributed by atoms with E-state index >= 15 is 0 Å². The molecule has 4 heterocycles. The Morgan fingerprint density at radius 2 is 2.14 bits per heavy atom. The highest BCUT2D eigenvalue weighted by molar-refractivity contribution is 7.90. The highest BCUT2D eigenvalue weighted by Crippen LogP contribution is 2.28. The second kappa shape index (κ2) is 6.80. The van der Waals surface area contributed by atoms with E-state index < -0.39 is 28.2 Å².